The van der Waals surface area contributed by atoms with Crippen molar-refractivity contribution in [1.82, 2.24) is 10.3 Å². The maximum absolute atomic E-state index is 4.41. The van der Waals surface area contributed by atoms with Gasteiger partial charge in [-0.25, -0.2) is 0 Å². The molecule has 2 atom stereocenters. The Bertz CT molecular complexity index is 269. The van der Waals surface area contributed by atoms with Crippen molar-refractivity contribution in [3.8, 4) is 0 Å². The number of hydrogen-bond acceptors (Lipinski definition) is 2. The first kappa shape index (κ1) is 12.2. The van der Waals surface area contributed by atoms with E-state index in [1.165, 1.54) is 12.1 Å². The molecule has 0 aliphatic carbocycles. The van der Waals surface area contributed by atoms with Crippen molar-refractivity contribution < 1.29 is 0 Å². The van der Waals surface area contributed by atoms with Gasteiger partial charge in [-0.3, -0.25) is 4.98 Å². The van der Waals surface area contributed by atoms with Crippen LogP contribution in [-0.4, -0.2) is 18.1 Å². The smallest absolute Gasteiger partial charge is 0.0447 e. The molecule has 0 aliphatic heterocycles. The molecule has 0 saturated heterocycles. The zero-order valence-corrected chi connectivity index (χ0v) is 10.2. The van der Waals surface area contributed by atoms with Crippen molar-refractivity contribution >= 4 is 0 Å². The van der Waals surface area contributed by atoms with Gasteiger partial charge in [0.2, 0.25) is 0 Å². The van der Waals surface area contributed by atoms with Crippen molar-refractivity contribution in [1.29, 1.82) is 0 Å². The molecule has 0 fully saturated rings. The first-order chi connectivity index (χ1) is 7.15. The number of aromatic nitrogens is 1. The van der Waals surface area contributed by atoms with E-state index in [-0.39, 0.29) is 0 Å². The van der Waals surface area contributed by atoms with Crippen LogP contribution in [0.25, 0.3) is 0 Å². The number of pyridine rings is 1. The highest BCUT2D eigenvalue weighted by Gasteiger charge is 2.18. The van der Waals surface area contributed by atoms with Gasteiger partial charge in [0, 0.05) is 23.9 Å². The predicted molar refractivity (Wildman–Crippen MR) is 65.0 cm³/mol. The van der Waals surface area contributed by atoms with E-state index in [1.807, 2.05) is 19.3 Å². The molecule has 15 heavy (non-hydrogen) atoms. The molecule has 0 bridgehead atoms. The number of hydrogen-bond donors (Lipinski definition) is 1. The second-order valence-corrected chi connectivity index (χ2v) is 4.57. The van der Waals surface area contributed by atoms with E-state index in [9.17, 15) is 0 Å². The van der Waals surface area contributed by atoms with Gasteiger partial charge in [0.1, 0.15) is 0 Å². The second kappa shape index (κ2) is 5.86. The summed E-state index contributed by atoms with van der Waals surface area (Å²) < 4.78 is 0. The predicted octanol–water partition coefficient (Wildman–Crippen LogP) is 2.82. The fraction of sp³-hybridized carbons (Fsp3) is 0.615. The average molecular weight is 206 g/mol. The number of nitrogens with one attached hydrogen (secondary N) is 1. The SMILES string of the molecule is CNC(CC(C)C)C(C)c1ccccn1. The zero-order valence-electron chi connectivity index (χ0n) is 10.2. The van der Waals surface area contributed by atoms with Crippen molar-refractivity contribution in [2.24, 2.45) is 5.92 Å². The topological polar surface area (TPSA) is 24.9 Å². The Balaban J connectivity index is 2.69. The molecule has 0 radical (unpaired) electrons. The molecule has 2 unspecified atom stereocenters. The van der Waals surface area contributed by atoms with Crippen molar-refractivity contribution in [2.75, 3.05) is 7.05 Å². The zero-order chi connectivity index (χ0) is 11.3. The third-order valence-corrected chi connectivity index (χ3v) is 2.85. The summed E-state index contributed by atoms with van der Waals surface area (Å²) in [4.78, 5) is 4.41. The first-order valence-corrected chi connectivity index (χ1v) is 5.73. The molecule has 0 amide bonds. The van der Waals surface area contributed by atoms with E-state index in [2.05, 4.69) is 43.2 Å². The van der Waals surface area contributed by atoms with Crippen LogP contribution in [0.5, 0.6) is 0 Å². The van der Waals surface area contributed by atoms with E-state index in [1.54, 1.807) is 0 Å². The summed E-state index contributed by atoms with van der Waals surface area (Å²) in [6.45, 7) is 6.76. The molecule has 1 aromatic rings. The molecule has 84 valence electrons. The van der Waals surface area contributed by atoms with E-state index >= 15 is 0 Å². The lowest BCUT2D eigenvalue weighted by molar-refractivity contribution is 0.393. The van der Waals surface area contributed by atoms with Crippen LogP contribution < -0.4 is 5.32 Å². The number of likely N-dealkylation sites (N-methyl/N-ethyl adjacent to an activating group) is 1. The monoisotopic (exact) mass is 206 g/mol. The summed E-state index contributed by atoms with van der Waals surface area (Å²) in [7, 11) is 2.03. The summed E-state index contributed by atoms with van der Waals surface area (Å²) in [6.07, 6.45) is 3.06. The van der Waals surface area contributed by atoms with Gasteiger partial charge in [0.15, 0.2) is 0 Å². The van der Waals surface area contributed by atoms with Crippen molar-refractivity contribution in [3.63, 3.8) is 0 Å². The third-order valence-electron chi connectivity index (χ3n) is 2.85. The van der Waals surface area contributed by atoms with Gasteiger partial charge in [-0.15, -0.1) is 0 Å². The van der Waals surface area contributed by atoms with Crippen molar-refractivity contribution in [2.45, 2.75) is 39.2 Å². The van der Waals surface area contributed by atoms with Gasteiger partial charge >= 0.3 is 0 Å². The molecular formula is C13H22N2. The Hall–Kier alpha value is -0.890. The maximum atomic E-state index is 4.41. The van der Waals surface area contributed by atoms with Crippen LogP contribution in [0.4, 0.5) is 0 Å². The molecule has 2 nitrogen and oxygen atoms in total. The molecule has 1 aromatic heterocycles. The highest BCUT2D eigenvalue weighted by atomic mass is 14.9. The van der Waals surface area contributed by atoms with E-state index in [4.69, 9.17) is 0 Å². The van der Waals surface area contributed by atoms with Crippen LogP contribution in [-0.2, 0) is 0 Å². The first-order valence-electron chi connectivity index (χ1n) is 5.73. The van der Waals surface area contributed by atoms with Gasteiger partial charge in [-0.05, 0) is 31.5 Å². The van der Waals surface area contributed by atoms with Crippen LogP contribution in [0.15, 0.2) is 24.4 Å². The Morgan fingerprint density at radius 3 is 2.47 bits per heavy atom. The second-order valence-electron chi connectivity index (χ2n) is 4.57. The Morgan fingerprint density at radius 1 is 1.27 bits per heavy atom. The molecule has 0 saturated carbocycles. The molecule has 0 spiro atoms. The molecular weight excluding hydrogens is 184 g/mol. The summed E-state index contributed by atoms with van der Waals surface area (Å²) in [5.41, 5.74) is 1.18. The van der Waals surface area contributed by atoms with Crippen LogP contribution in [0, 0.1) is 5.92 Å². The molecule has 1 heterocycles. The van der Waals surface area contributed by atoms with Gasteiger partial charge in [0.25, 0.3) is 0 Å². The lowest BCUT2D eigenvalue weighted by Crippen LogP contribution is -2.32. The molecule has 1 rings (SSSR count). The Morgan fingerprint density at radius 2 is 2.00 bits per heavy atom. The fourth-order valence-corrected chi connectivity index (χ4v) is 1.93. The minimum Gasteiger partial charge on any atom is -0.316 e. The molecule has 2 heteroatoms. The summed E-state index contributed by atoms with van der Waals surface area (Å²) in [5.74, 6) is 1.19. The maximum Gasteiger partial charge on any atom is 0.0447 e. The molecule has 0 aromatic carbocycles. The largest absolute Gasteiger partial charge is 0.316 e. The van der Waals surface area contributed by atoms with Crippen LogP contribution >= 0.6 is 0 Å². The minimum absolute atomic E-state index is 0.471. The lowest BCUT2D eigenvalue weighted by Gasteiger charge is -2.24. The van der Waals surface area contributed by atoms with Crippen LogP contribution in [0.1, 0.15) is 38.8 Å². The lowest BCUT2D eigenvalue weighted by atomic mass is 9.91. The van der Waals surface area contributed by atoms with E-state index in [0.29, 0.717) is 17.9 Å². The van der Waals surface area contributed by atoms with Crippen LogP contribution in [0.2, 0.25) is 0 Å². The minimum atomic E-state index is 0.471. The summed E-state index contributed by atoms with van der Waals surface area (Å²) >= 11 is 0. The van der Waals surface area contributed by atoms with E-state index < -0.39 is 0 Å². The van der Waals surface area contributed by atoms with Gasteiger partial charge in [0.05, 0.1) is 0 Å². The van der Waals surface area contributed by atoms with Gasteiger partial charge in [-0.1, -0.05) is 26.8 Å². The number of nitrogens with zero attached hydrogens (tertiary/aromatic N) is 1. The highest BCUT2D eigenvalue weighted by molar-refractivity contribution is 5.11. The molecule has 0 aliphatic rings. The standard InChI is InChI=1S/C13H22N2/c1-10(2)9-13(14-4)11(3)12-7-5-6-8-15-12/h5-8,10-11,13-14H,9H2,1-4H3. The number of rotatable bonds is 5. The Labute approximate surface area is 93.1 Å². The normalized spacial score (nSPS) is 15.3. The third kappa shape index (κ3) is 3.63. The van der Waals surface area contributed by atoms with Gasteiger partial charge in [-0.2, -0.15) is 0 Å². The van der Waals surface area contributed by atoms with Crippen LogP contribution in [0.3, 0.4) is 0 Å². The van der Waals surface area contributed by atoms with Gasteiger partial charge < -0.3 is 5.32 Å². The summed E-state index contributed by atoms with van der Waals surface area (Å²) in [6, 6.07) is 6.64. The average Bonchev–Trinajstić information content (AvgIpc) is 2.26. The summed E-state index contributed by atoms with van der Waals surface area (Å²) in [5, 5.41) is 3.39. The van der Waals surface area contributed by atoms with E-state index in [0.717, 1.165) is 0 Å². The van der Waals surface area contributed by atoms with Crippen molar-refractivity contribution in [3.05, 3.63) is 30.1 Å². The highest BCUT2D eigenvalue weighted by Crippen LogP contribution is 2.21. The quantitative estimate of drug-likeness (QED) is 0.801. The molecule has 1 N–H and O–H groups in total. The Kier molecular flexibility index (Phi) is 4.76. The fourth-order valence-electron chi connectivity index (χ4n) is 1.93.